The molecule has 1 heterocycles. The molecule has 0 radical (unpaired) electrons. The van der Waals surface area contributed by atoms with Crippen molar-refractivity contribution in [3.05, 3.63) is 65.9 Å². The summed E-state index contributed by atoms with van der Waals surface area (Å²) >= 11 is 0. The monoisotopic (exact) mass is 323 g/mol. The lowest BCUT2D eigenvalue weighted by molar-refractivity contribution is 0.0699. The van der Waals surface area contributed by atoms with Crippen molar-refractivity contribution in [3.63, 3.8) is 0 Å². The van der Waals surface area contributed by atoms with Gasteiger partial charge in [0.1, 0.15) is 5.75 Å². The van der Waals surface area contributed by atoms with Gasteiger partial charge in [0.15, 0.2) is 0 Å². The van der Waals surface area contributed by atoms with E-state index >= 15 is 0 Å². The van der Waals surface area contributed by atoms with Gasteiger partial charge in [-0.25, -0.2) is 4.79 Å². The van der Waals surface area contributed by atoms with Gasteiger partial charge in [-0.2, -0.15) is 0 Å². The zero-order valence-electron chi connectivity index (χ0n) is 13.9. The number of aromatic nitrogens is 1. The van der Waals surface area contributed by atoms with Crippen LogP contribution >= 0.6 is 0 Å². The quantitative estimate of drug-likeness (QED) is 0.730. The predicted octanol–water partition coefficient (Wildman–Crippen LogP) is 4.42. The highest BCUT2D eigenvalue weighted by Crippen LogP contribution is 2.25. The standard InChI is InChI=1S/C20H21NO3/c1-14(2)13-24-19-9-4-3-6-15(19)12-21-11-10-16-17(20(22)23)7-5-8-18(16)21/h3-11,14H,12-13H2,1-2H3,(H,22,23). The van der Waals surface area contributed by atoms with Crippen molar-refractivity contribution in [1.29, 1.82) is 0 Å². The van der Waals surface area contributed by atoms with Crippen LogP contribution in [-0.4, -0.2) is 22.2 Å². The number of para-hydroxylation sites is 1. The Labute approximate surface area is 141 Å². The normalized spacial score (nSPS) is 11.1. The van der Waals surface area contributed by atoms with Gasteiger partial charge in [0.25, 0.3) is 0 Å². The van der Waals surface area contributed by atoms with Crippen molar-refractivity contribution in [2.24, 2.45) is 5.92 Å². The van der Waals surface area contributed by atoms with Gasteiger partial charge in [-0.05, 0) is 30.2 Å². The van der Waals surface area contributed by atoms with Crippen molar-refractivity contribution in [3.8, 4) is 5.75 Å². The summed E-state index contributed by atoms with van der Waals surface area (Å²) in [6, 6.07) is 15.2. The number of carboxylic acid groups (broad SMARTS) is 1. The molecule has 0 aliphatic rings. The molecule has 0 saturated heterocycles. The molecule has 0 aliphatic carbocycles. The van der Waals surface area contributed by atoms with Crippen LogP contribution in [-0.2, 0) is 6.54 Å². The van der Waals surface area contributed by atoms with Crippen molar-refractivity contribution in [1.82, 2.24) is 4.57 Å². The lowest BCUT2D eigenvalue weighted by atomic mass is 10.1. The summed E-state index contributed by atoms with van der Waals surface area (Å²) in [6.45, 7) is 5.55. The van der Waals surface area contributed by atoms with Crippen molar-refractivity contribution in [2.45, 2.75) is 20.4 Å². The van der Waals surface area contributed by atoms with Gasteiger partial charge in [0.05, 0.1) is 18.7 Å². The van der Waals surface area contributed by atoms with Gasteiger partial charge in [0, 0.05) is 22.7 Å². The molecule has 0 spiro atoms. The predicted molar refractivity (Wildman–Crippen MR) is 94.8 cm³/mol. The van der Waals surface area contributed by atoms with Crippen LogP contribution in [0.5, 0.6) is 5.75 Å². The molecule has 3 aromatic rings. The molecular weight excluding hydrogens is 302 g/mol. The molecular formula is C20H21NO3. The number of hydrogen-bond donors (Lipinski definition) is 1. The molecule has 1 N–H and O–H groups in total. The fourth-order valence-corrected chi connectivity index (χ4v) is 2.76. The van der Waals surface area contributed by atoms with E-state index in [1.807, 2.05) is 42.6 Å². The van der Waals surface area contributed by atoms with E-state index in [2.05, 4.69) is 18.4 Å². The van der Waals surface area contributed by atoms with Crippen LogP contribution in [0.25, 0.3) is 10.9 Å². The highest BCUT2D eigenvalue weighted by atomic mass is 16.5. The minimum atomic E-state index is -0.904. The first kappa shape index (κ1) is 16.1. The second-order valence-electron chi connectivity index (χ2n) is 6.30. The van der Waals surface area contributed by atoms with Crippen LogP contribution in [0.4, 0.5) is 0 Å². The molecule has 0 saturated carbocycles. The summed E-state index contributed by atoms with van der Waals surface area (Å²) in [5, 5.41) is 10.1. The molecule has 3 rings (SSSR count). The van der Waals surface area contributed by atoms with E-state index in [0.717, 1.165) is 22.2 Å². The van der Waals surface area contributed by atoms with Gasteiger partial charge in [-0.1, -0.05) is 38.1 Å². The van der Waals surface area contributed by atoms with Crippen LogP contribution < -0.4 is 4.74 Å². The van der Waals surface area contributed by atoms with E-state index in [1.54, 1.807) is 12.1 Å². The highest BCUT2D eigenvalue weighted by molar-refractivity contribution is 6.03. The maximum Gasteiger partial charge on any atom is 0.336 e. The fraction of sp³-hybridized carbons (Fsp3) is 0.250. The van der Waals surface area contributed by atoms with E-state index in [4.69, 9.17) is 4.74 Å². The number of aromatic carboxylic acids is 1. The highest BCUT2D eigenvalue weighted by Gasteiger charge is 2.12. The number of carbonyl (C=O) groups is 1. The number of carboxylic acids is 1. The molecule has 4 heteroatoms. The Balaban J connectivity index is 1.94. The lowest BCUT2D eigenvalue weighted by Crippen LogP contribution is -2.07. The summed E-state index contributed by atoms with van der Waals surface area (Å²) in [6.07, 6.45) is 1.93. The van der Waals surface area contributed by atoms with Crippen molar-refractivity contribution < 1.29 is 14.6 Å². The second-order valence-corrected chi connectivity index (χ2v) is 6.30. The van der Waals surface area contributed by atoms with Crippen molar-refractivity contribution >= 4 is 16.9 Å². The van der Waals surface area contributed by atoms with Gasteiger partial charge < -0.3 is 14.4 Å². The SMILES string of the molecule is CC(C)COc1ccccc1Cn1ccc2c(C(=O)O)cccc21. The summed E-state index contributed by atoms with van der Waals surface area (Å²) in [7, 11) is 0. The fourth-order valence-electron chi connectivity index (χ4n) is 2.76. The van der Waals surface area contributed by atoms with E-state index in [-0.39, 0.29) is 0 Å². The Hall–Kier alpha value is -2.75. The number of benzene rings is 2. The molecule has 1 aromatic heterocycles. The van der Waals surface area contributed by atoms with Crippen LogP contribution in [0.2, 0.25) is 0 Å². The molecule has 124 valence electrons. The Morgan fingerprint density at radius 2 is 1.92 bits per heavy atom. The average Bonchev–Trinajstić information content (AvgIpc) is 2.97. The topological polar surface area (TPSA) is 51.5 Å². The molecule has 24 heavy (non-hydrogen) atoms. The van der Waals surface area contributed by atoms with E-state index in [9.17, 15) is 9.90 Å². The number of hydrogen-bond acceptors (Lipinski definition) is 2. The molecule has 0 fully saturated rings. The Bertz CT molecular complexity index is 864. The largest absolute Gasteiger partial charge is 0.493 e. The van der Waals surface area contributed by atoms with Crippen molar-refractivity contribution in [2.75, 3.05) is 6.61 Å². The molecule has 2 aromatic carbocycles. The molecule has 4 nitrogen and oxygen atoms in total. The minimum Gasteiger partial charge on any atom is -0.493 e. The first-order valence-electron chi connectivity index (χ1n) is 8.08. The summed E-state index contributed by atoms with van der Waals surface area (Å²) in [5.41, 5.74) is 2.32. The number of nitrogens with zero attached hydrogens (tertiary/aromatic N) is 1. The Morgan fingerprint density at radius 1 is 1.12 bits per heavy atom. The number of ether oxygens (including phenoxy) is 1. The molecule has 0 unspecified atom stereocenters. The molecule has 0 aliphatic heterocycles. The maximum atomic E-state index is 11.4. The van der Waals surface area contributed by atoms with Crippen LogP contribution in [0.1, 0.15) is 29.8 Å². The van der Waals surface area contributed by atoms with E-state index in [1.165, 1.54) is 0 Å². The van der Waals surface area contributed by atoms with E-state index < -0.39 is 5.97 Å². The van der Waals surface area contributed by atoms with Crippen LogP contribution in [0.3, 0.4) is 0 Å². The third kappa shape index (κ3) is 3.27. The smallest absolute Gasteiger partial charge is 0.336 e. The third-order valence-corrected chi connectivity index (χ3v) is 3.93. The van der Waals surface area contributed by atoms with Gasteiger partial charge >= 0.3 is 5.97 Å². The minimum absolute atomic E-state index is 0.329. The lowest BCUT2D eigenvalue weighted by Gasteiger charge is -2.14. The third-order valence-electron chi connectivity index (χ3n) is 3.93. The summed E-state index contributed by atoms with van der Waals surface area (Å²) in [5.74, 6) is 0.435. The zero-order chi connectivity index (χ0) is 17.1. The number of fused-ring (bicyclic) bond motifs is 1. The first-order chi connectivity index (χ1) is 11.6. The Morgan fingerprint density at radius 3 is 2.67 bits per heavy atom. The molecule has 0 bridgehead atoms. The maximum absolute atomic E-state index is 11.4. The Kier molecular flexibility index (Phi) is 4.56. The van der Waals surface area contributed by atoms with E-state index in [0.29, 0.717) is 24.6 Å². The summed E-state index contributed by atoms with van der Waals surface area (Å²) < 4.78 is 7.97. The van der Waals surface area contributed by atoms with Crippen LogP contribution in [0.15, 0.2) is 54.7 Å². The van der Waals surface area contributed by atoms with Gasteiger partial charge in [-0.3, -0.25) is 0 Å². The molecule has 0 amide bonds. The number of rotatable bonds is 6. The second kappa shape index (κ2) is 6.79. The molecule has 0 atom stereocenters. The first-order valence-corrected chi connectivity index (χ1v) is 8.08. The average molecular weight is 323 g/mol. The van der Waals surface area contributed by atoms with Gasteiger partial charge in [0.2, 0.25) is 0 Å². The summed E-state index contributed by atoms with van der Waals surface area (Å²) in [4.78, 5) is 11.4. The zero-order valence-corrected chi connectivity index (χ0v) is 13.9. The van der Waals surface area contributed by atoms with Gasteiger partial charge in [-0.15, -0.1) is 0 Å². The van der Waals surface area contributed by atoms with Crippen LogP contribution in [0, 0.1) is 5.92 Å².